The Hall–Kier alpha value is -1.92. The lowest BCUT2D eigenvalue weighted by Crippen LogP contribution is -1.91. The van der Waals surface area contributed by atoms with Crippen molar-refractivity contribution in [3.05, 3.63) is 44.1 Å². The highest BCUT2D eigenvalue weighted by molar-refractivity contribution is 6.33. The number of halogens is 2. The van der Waals surface area contributed by atoms with Crippen LogP contribution in [0, 0.1) is 10.1 Å². The summed E-state index contributed by atoms with van der Waals surface area (Å²) in [7, 11) is 0. The number of nitro benzene ring substituents is 1. The summed E-state index contributed by atoms with van der Waals surface area (Å²) in [6.45, 7) is 0. The van der Waals surface area contributed by atoms with Gasteiger partial charge in [-0.15, -0.1) is 0 Å². The quantitative estimate of drug-likeness (QED) is 0.490. The molecule has 0 unspecified atom stereocenters. The Balaban J connectivity index is 2.61. The zero-order chi connectivity index (χ0) is 13.3. The maximum atomic E-state index is 10.8. The van der Waals surface area contributed by atoms with Crippen molar-refractivity contribution in [2.75, 3.05) is 0 Å². The van der Waals surface area contributed by atoms with Gasteiger partial charge in [-0.1, -0.05) is 22.8 Å². The molecule has 0 bridgehead atoms. The summed E-state index contributed by atoms with van der Waals surface area (Å²) in [5, 5.41) is 14.2. The van der Waals surface area contributed by atoms with E-state index < -0.39 is 4.92 Å². The first-order valence-corrected chi connectivity index (χ1v) is 5.35. The summed E-state index contributed by atoms with van der Waals surface area (Å²) in [6, 6.07) is 4.02. The van der Waals surface area contributed by atoms with Crippen LogP contribution in [0.1, 0.15) is 10.4 Å². The Kier molecular flexibility index (Phi) is 3.31. The van der Waals surface area contributed by atoms with E-state index in [-0.39, 0.29) is 27.2 Å². The zero-order valence-electron chi connectivity index (χ0n) is 8.59. The van der Waals surface area contributed by atoms with Crippen molar-refractivity contribution in [1.82, 2.24) is 5.16 Å². The van der Waals surface area contributed by atoms with Crippen LogP contribution in [0.5, 0.6) is 0 Å². The van der Waals surface area contributed by atoms with Gasteiger partial charge in [0.05, 0.1) is 4.92 Å². The highest BCUT2D eigenvalue weighted by Gasteiger charge is 2.19. The second kappa shape index (κ2) is 4.75. The maximum absolute atomic E-state index is 10.8. The molecule has 0 amide bonds. The van der Waals surface area contributed by atoms with Gasteiger partial charge in [0.25, 0.3) is 5.69 Å². The average Bonchev–Trinajstić information content (AvgIpc) is 2.70. The molecule has 0 aliphatic heterocycles. The Morgan fingerprint density at radius 2 is 2.11 bits per heavy atom. The van der Waals surface area contributed by atoms with E-state index in [1.807, 2.05) is 0 Å². The van der Waals surface area contributed by atoms with Crippen molar-refractivity contribution in [3.8, 4) is 11.3 Å². The Morgan fingerprint density at radius 3 is 2.72 bits per heavy atom. The molecule has 1 aromatic heterocycles. The number of nitrogens with zero attached hydrogens (tertiary/aromatic N) is 2. The fourth-order valence-corrected chi connectivity index (χ4v) is 1.74. The number of aldehydes is 1. The van der Waals surface area contributed by atoms with Crippen LogP contribution >= 0.6 is 23.2 Å². The van der Waals surface area contributed by atoms with Gasteiger partial charge in [-0.3, -0.25) is 14.9 Å². The fraction of sp³-hybridized carbons (Fsp3) is 0. The van der Waals surface area contributed by atoms with Crippen molar-refractivity contribution in [2.45, 2.75) is 0 Å². The minimum absolute atomic E-state index is 0.00834. The van der Waals surface area contributed by atoms with Crippen molar-refractivity contribution in [1.29, 1.82) is 0 Å². The van der Waals surface area contributed by atoms with Gasteiger partial charge in [0.2, 0.25) is 5.22 Å². The first-order valence-electron chi connectivity index (χ1n) is 4.59. The van der Waals surface area contributed by atoms with Gasteiger partial charge in [-0.2, -0.15) is 0 Å². The second-order valence-electron chi connectivity index (χ2n) is 3.26. The number of carbonyl (C=O) groups is 1. The minimum Gasteiger partial charge on any atom is -0.343 e. The van der Waals surface area contributed by atoms with E-state index in [1.165, 1.54) is 18.2 Å². The minimum atomic E-state index is -0.631. The van der Waals surface area contributed by atoms with Crippen LogP contribution in [0.25, 0.3) is 11.3 Å². The SMILES string of the molecule is O=Cc1c(-c2ccc(Cl)c([N+](=O)[O-])c2)noc1Cl. The number of nitro groups is 1. The molecule has 0 radical (unpaired) electrons. The lowest BCUT2D eigenvalue weighted by molar-refractivity contribution is -0.384. The van der Waals surface area contributed by atoms with Crippen LogP contribution in [-0.4, -0.2) is 16.4 Å². The molecule has 0 spiro atoms. The zero-order valence-corrected chi connectivity index (χ0v) is 10.1. The monoisotopic (exact) mass is 286 g/mol. The van der Waals surface area contributed by atoms with Gasteiger partial charge in [0, 0.05) is 11.6 Å². The van der Waals surface area contributed by atoms with Gasteiger partial charge in [0.15, 0.2) is 6.29 Å². The van der Waals surface area contributed by atoms with Crippen LogP contribution in [0.2, 0.25) is 10.2 Å². The molecule has 2 rings (SSSR count). The molecule has 0 aliphatic rings. The van der Waals surface area contributed by atoms with Crippen molar-refractivity contribution in [2.24, 2.45) is 0 Å². The third-order valence-electron chi connectivity index (χ3n) is 2.22. The summed E-state index contributed by atoms with van der Waals surface area (Å²) in [5.74, 6) is 0. The molecule has 2 aromatic rings. The van der Waals surface area contributed by atoms with Gasteiger partial charge < -0.3 is 4.52 Å². The Bertz CT molecular complexity index is 639. The largest absolute Gasteiger partial charge is 0.343 e. The number of aromatic nitrogens is 1. The predicted octanol–water partition coefficient (Wildman–Crippen LogP) is 3.37. The fourth-order valence-electron chi connectivity index (χ4n) is 1.39. The molecule has 1 heterocycles. The van der Waals surface area contributed by atoms with E-state index in [1.54, 1.807) is 0 Å². The highest BCUT2D eigenvalue weighted by Crippen LogP contribution is 2.32. The molecule has 0 saturated heterocycles. The van der Waals surface area contributed by atoms with Crippen LogP contribution < -0.4 is 0 Å². The lowest BCUT2D eigenvalue weighted by Gasteiger charge is -1.99. The third kappa shape index (κ3) is 2.07. The summed E-state index contributed by atoms with van der Waals surface area (Å²) >= 11 is 11.3. The predicted molar refractivity (Wildman–Crippen MR) is 64.0 cm³/mol. The van der Waals surface area contributed by atoms with Crippen LogP contribution in [0.3, 0.4) is 0 Å². The molecular weight excluding hydrogens is 283 g/mol. The molecule has 6 nitrogen and oxygen atoms in total. The van der Waals surface area contributed by atoms with E-state index >= 15 is 0 Å². The molecule has 0 N–H and O–H groups in total. The van der Waals surface area contributed by atoms with Gasteiger partial charge in [-0.25, -0.2) is 0 Å². The summed E-state index contributed by atoms with van der Waals surface area (Å²) in [5.41, 5.74) is 0.206. The number of benzene rings is 1. The number of rotatable bonds is 3. The standard InChI is InChI=1S/C10H4Cl2N2O4/c11-7-2-1-5(3-8(7)14(16)17)9-6(4-15)10(12)18-13-9/h1-4H. The van der Waals surface area contributed by atoms with Crippen molar-refractivity contribution < 1.29 is 14.2 Å². The maximum Gasteiger partial charge on any atom is 0.288 e. The summed E-state index contributed by atoms with van der Waals surface area (Å²) in [4.78, 5) is 20.9. The molecule has 8 heteroatoms. The summed E-state index contributed by atoms with van der Waals surface area (Å²) in [6.07, 6.45) is 0.467. The van der Waals surface area contributed by atoms with Gasteiger partial charge in [0.1, 0.15) is 16.3 Å². The molecule has 18 heavy (non-hydrogen) atoms. The lowest BCUT2D eigenvalue weighted by atomic mass is 10.1. The molecule has 0 atom stereocenters. The topological polar surface area (TPSA) is 86.2 Å². The van der Waals surface area contributed by atoms with E-state index in [0.29, 0.717) is 11.8 Å². The number of hydrogen-bond donors (Lipinski definition) is 0. The molecule has 92 valence electrons. The Morgan fingerprint density at radius 1 is 1.39 bits per heavy atom. The highest BCUT2D eigenvalue weighted by atomic mass is 35.5. The first kappa shape index (κ1) is 12.5. The van der Waals surface area contributed by atoms with Crippen LogP contribution in [-0.2, 0) is 0 Å². The number of carbonyl (C=O) groups excluding carboxylic acids is 1. The van der Waals surface area contributed by atoms with Crippen LogP contribution in [0.15, 0.2) is 22.7 Å². The first-order chi connectivity index (χ1) is 8.54. The normalized spacial score (nSPS) is 10.3. The Labute approximate surface area is 110 Å². The van der Waals surface area contributed by atoms with Crippen molar-refractivity contribution in [3.63, 3.8) is 0 Å². The molecule has 0 saturated carbocycles. The number of hydrogen-bond acceptors (Lipinski definition) is 5. The van der Waals surface area contributed by atoms with Crippen molar-refractivity contribution >= 4 is 35.2 Å². The van der Waals surface area contributed by atoms with E-state index in [4.69, 9.17) is 23.2 Å². The summed E-state index contributed by atoms with van der Waals surface area (Å²) < 4.78 is 4.65. The van der Waals surface area contributed by atoms with Gasteiger partial charge >= 0.3 is 0 Å². The van der Waals surface area contributed by atoms with E-state index in [0.717, 1.165) is 0 Å². The molecule has 1 aromatic carbocycles. The van der Waals surface area contributed by atoms with Crippen LogP contribution in [0.4, 0.5) is 5.69 Å². The van der Waals surface area contributed by atoms with E-state index in [2.05, 4.69) is 9.68 Å². The molecule has 0 aliphatic carbocycles. The van der Waals surface area contributed by atoms with Gasteiger partial charge in [-0.05, 0) is 17.7 Å². The van der Waals surface area contributed by atoms with E-state index in [9.17, 15) is 14.9 Å². The smallest absolute Gasteiger partial charge is 0.288 e. The third-order valence-corrected chi connectivity index (χ3v) is 2.81. The molecular formula is C10H4Cl2N2O4. The second-order valence-corrected chi connectivity index (χ2v) is 4.01. The molecule has 0 fully saturated rings. The average molecular weight is 287 g/mol.